The summed E-state index contributed by atoms with van der Waals surface area (Å²) in [5, 5.41) is 23.0. The molecule has 57 heavy (non-hydrogen) atoms. The van der Waals surface area contributed by atoms with E-state index in [-0.39, 0.29) is 12.5 Å². The summed E-state index contributed by atoms with van der Waals surface area (Å²) >= 11 is 0. The molecule has 0 spiro atoms. The van der Waals surface area contributed by atoms with Crippen molar-refractivity contribution in [3.63, 3.8) is 0 Å². The Labute approximate surface area is 356 Å². The fraction of sp³-hybridized carbons (Fsp3) is 0.792. The van der Waals surface area contributed by atoms with Gasteiger partial charge in [0.05, 0.1) is 18.8 Å². The van der Waals surface area contributed by atoms with Crippen LogP contribution < -0.4 is 5.32 Å². The molecule has 332 valence electrons. The van der Waals surface area contributed by atoms with Crippen molar-refractivity contribution in [2.24, 2.45) is 0 Å². The molecule has 0 bridgehead atoms. The van der Waals surface area contributed by atoms with Crippen LogP contribution in [0.2, 0.25) is 0 Å². The van der Waals surface area contributed by atoms with Gasteiger partial charge in [-0.05, 0) is 77.0 Å². The van der Waals surface area contributed by atoms with E-state index in [1.165, 1.54) is 186 Å². The van der Waals surface area contributed by atoms with Gasteiger partial charge in [0.2, 0.25) is 5.91 Å². The molecule has 0 heterocycles. The first-order chi connectivity index (χ1) is 28.2. The minimum atomic E-state index is -0.871. The standard InChI is InChI=1S/C53H97NO3/c1-3-5-7-9-11-13-15-17-19-21-23-24-25-26-27-28-29-30-31-33-35-37-39-41-43-45-47-49-53(57)54-51(50-55)52(56)48-46-44-42-40-38-36-34-32-22-20-18-16-14-12-10-8-6-4-2/h15,17,21-23,32,38,40,46,48,51-52,55-56H,3-14,16,18-20,24-31,33-37,39,41-45,47,49-50H2,1-2H3,(H,54,57)/b17-15-,23-21-,32-22+,40-38+,48-46+. The molecule has 1 amide bonds. The average molecular weight is 796 g/mol. The predicted octanol–water partition coefficient (Wildman–Crippen LogP) is 16.1. The van der Waals surface area contributed by atoms with E-state index in [0.29, 0.717) is 6.42 Å². The molecule has 2 atom stereocenters. The zero-order chi connectivity index (χ0) is 41.4. The highest BCUT2D eigenvalue weighted by Crippen LogP contribution is 2.15. The van der Waals surface area contributed by atoms with Crippen molar-refractivity contribution < 1.29 is 15.0 Å². The van der Waals surface area contributed by atoms with Crippen molar-refractivity contribution in [1.29, 1.82) is 0 Å². The third-order valence-corrected chi connectivity index (χ3v) is 11.2. The number of hydrogen-bond donors (Lipinski definition) is 3. The number of carbonyl (C=O) groups excluding carboxylic acids is 1. The van der Waals surface area contributed by atoms with E-state index in [9.17, 15) is 15.0 Å². The number of aliphatic hydroxyl groups is 2. The highest BCUT2D eigenvalue weighted by Gasteiger charge is 2.17. The van der Waals surface area contributed by atoms with E-state index in [0.717, 1.165) is 44.9 Å². The number of unbranched alkanes of at least 4 members (excludes halogenated alkanes) is 30. The van der Waals surface area contributed by atoms with Crippen molar-refractivity contribution in [2.45, 2.75) is 264 Å². The van der Waals surface area contributed by atoms with E-state index in [4.69, 9.17) is 0 Å². The first-order valence-corrected chi connectivity index (χ1v) is 25.0. The average Bonchev–Trinajstić information content (AvgIpc) is 3.22. The maximum atomic E-state index is 12.4. The molecule has 0 aromatic carbocycles. The molecule has 0 saturated heterocycles. The lowest BCUT2D eigenvalue weighted by Crippen LogP contribution is -2.45. The van der Waals surface area contributed by atoms with E-state index >= 15 is 0 Å². The molecule has 0 fully saturated rings. The van der Waals surface area contributed by atoms with Gasteiger partial charge in [0.1, 0.15) is 0 Å². The molecule has 4 heteroatoms. The molecule has 0 rings (SSSR count). The lowest BCUT2D eigenvalue weighted by molar-refractivity contribution is -0.123. The van der Waals surface area contributed by atoms with Crippen LogP contribution in [0.5, 0.6) is 0 Å². The topological polar surface area (TPSA) is 69.6 Å². The van der Waals surface area contributed by atoms with Gasteiger partial charge < -0.3 is 15.5 Å². The summed E-state index contributed by atoms with van der Waals surface area (Å²) in [6.45, 7) is 4.29. The van der Waals surface area contributed by atoms with Gasteiger partial charge in [-0.1, -0.05) is 229 Å². The van der Waals surface area contributed by atoms with Crippen molar-refractivity contribution in [3.05, 3.63) is 60.8 Å². The molecule has 0 aliphatic rings. The van der Waals surface area contributed by atoms with Crippen LogP contribution in [0.3, 0.4) is 0 Å². The summed E-state index contributed by atoms with van der Waals surface area (Å²) in [4.78, 5) is 12.4. The Morgan fingerprint density at radius 2 is 0.737 bits per heavy atom. The molecule has 0 aliphatic heterocycles. The van der Waals surface area contributed by atoms with Crippen LogP contribution in [0.4, 0.5) is 0 Å². The molecular formula is C53H97NO3. The van der Waals surface area contributed by atoms with E-state index < -0.39 is 12.1 Å². The minimum Gasteiger partial charge on any atom is -0.394 e. The number of hydrogen-bond acceptors (Lipinski definition) is 3. The number of carbonyl (C=O) groups is 1. The minimum absolute atomic E-state index is 0.0779. The quantitative estimate of drug-likeness (QED) is 0.0425. The van der Waals surface area contributed by atoms with Crippen LogP contribution in [-0.4, -0.2) is 34.9 Å². The summed E-state index contributed by atoms with van der Waals surface area (Å²) in [6.07, 6.45) is 67.8. The predicted molar refractivity (Wildman–Crippen MR) is 253 cm³/mol. The number of amides is 1. The summed E-state index contributed by atoms with van der Waals surface area (Å²) in [5.74, 6) is -0.0779. The highest BCUT2D eigenvalue weighted by molar-refractivity contribution is 5.76. The molecule has 2 unspecified atom stereocenters. The molecule has 0 aliphatic carbocycles. The zero-order valence-electron chi connectivity index (χ0n) is 38.1. The van der Waals surface area contributed by atoms with Crippen LogP contribution in [0, 0.1) is 0 Å². The fourth-order valence-corrected chi connectivity index (χ4v) is 7.36. The third-order valence-electron chi connectivity index (χ3n) is 11.2. The van der Waals surface area contributed by atoms with Gasteiger partial charge in [0, 0.05) is 6.42 Å². The largest absolute Gasteiger partial charge is 0.394 e. The first kappa shape index (κ1) is 55.1. The van der Waals surface area contributed by atoms with Gasteiger partial charge in [0.15, 0.2) is 0 Å². The number of aliphatic hydroxyl groups excluding tert-OH is 2. The molecule has 0 radical (unpaired) electrons. The van der Waals surface area contributed by atoms with Gasteiger partial charge >= 0.3 is 0 Å². The second-order valence-corrected chi connectivity index (χ2v) is 16.9. The Bertz CT molecular complexity index is 950. The maximum Gasteiger partial charge on any atom is 0.220 e. The van der Waals surface area contributed by atoms with Crippen molar-refractivity contribution >= 4 is 5.91 Å². The number of rotatable bonds is 45. The Balaban J connectivity index is 3.57. The molecule has 0 saturated carbocycles. The summed E-state index contributed by atoms with van der Waals surface area (Å²) in [7, 11) is 0. The summed E-state index contributed by atoms with van der Waals surface area (Å²) in [6, 6.07) is -0.647. The van der Waals surface area contributed by atoms with Crippen LogP contribution in [0.15, 0.2) is 60.8 Å². The van der Waals surface area contributed by atoms with Gasteiger partial charge in [-0.25, -0.2) is 0 Å². The number of nitrogens with one attached hydrogen (secondary N) is 1. The lowest BCUT2D eigenvalue weighted by atomic mass is 10.0. The van der Waals surface area contributed by atoms with Crippen LogP contribution in [0.25, 0.3) is 0 Å². The molecule has 0 aromatic heterocycles. The molecule has 4 nitrogen and oxygen atoms in total. The van der Waals surface area contributed by atoms with E-state index in [2.05, 4.69) is 67.8 Å². The molecular weight excluding hydrogens is 699 g/mol. The van der Waals surface area contributed by atoms with Gasteiger partial charge in [-0.15, -0.1) is 0 Å². The summed E-state index contributed by atoms with van der Waals surface area (Å²) < 4.78 is 0. The van der Waals surface area contributed by atoms with Crippen LogP contribution in [0.1, 0.15) is 251 Å². The lowest BCUT2D eigenvalue weighted by Gasteiger charge is -2.19. The third kappa shape index (κ3) is 45.0. The van der Waals surface area contributed by atoms with Gasteiger partial charge in [0.25, 0.3) is 0 Å². The second kappa shape index (κ2) is 48.5. The van der Waals surface area contributed by atoms with Crippen molar-refractivity contribution in [3.8, 4) is 0 Å². The smallest absolute Gasteiger partial charge is 0.220 e. The Hall–Kier alpha value is -1.91. The Morgan fingerprint density at radius 1 is 0.421 bits per heavy atom. The Kier molecular flexibility index (Phi) is 46.8. The van der Waals surface area contributed by atoms with Crippen LogP contribution >= 0.6 is 0 Å². The van der Waals surface area contributed by atoms with E-state index in [1.54, 1.807) is 6.08 Å². The van der Waals surface area contributed by atoms with Gasteiger partial charge in [-0.2, -0.15) is 0 Å². The monoisotopic (exact) mass is 796 g/mol. The molecule has 3 N–H and O–H groups in total. The number of allylic oxidation sites excluding steroid dienone is 9. The fourth-order valence-electron chi connectivity index (χ4n) is 7.36. The Morgan fingerprint density at radius 3 is 1.12 bits per heavy atom. The normalized spacial score (nSPS) is 13.4. The van der Waals surface area contributed by atoms with Gasteiger partial charge in [-0.3, -0.25) is 4.79 Å². The second-order valence-electron chi connectivity index (χ2n) is 16.9. The summed E-state index contributed by atoms with van der Waals surface area (Å²) in [5.41, 5.74) is 0. The van der Waals surface area contributed by atoms with Crippen molar-refractivity contribution in [2.75, 3.05) is 6.61 Å². The van der Waals surface area contributed by atoms with Crippen molar-refractivity contribution in [1.82, 2.24) is 5.32 Å². The SMILES string of the molecule is CCCCCCC/C=C\C/C=C\CCCCCCCCCCCCCCCCCC(=O)NC(CO)C(O)/C=C/CC/C=C/CC/C=C/CCCCCCCCCC. The van der Waals surface area contributed by atoms with Crippen LogP contribution in [-0.2, 0) is 4.79 Å². The maximum absolute atomic E-state index is 12.4. The van der Waals surface area contributed by atoms with E-state index in [1.807, 2.05) is 6.08 Å². The highest BCUT2D eigenvalue weighted by atomic mass is 16.3. The zero-order valence-corrected chi connectivity index (χ0v) is 38.1. The first-order valence-electron chi connectivity index (χ1n) is 25.0. The molecule has 0 aromatic rings.